The average molecular weight is 173 g/mol. The van der Waals surface area contributed by atoms with Crippen LogP contribution in [0, 0.1) is 0 Å². The molecule has 0 radical (unpaired) electrons. The minimum atomic E-state index is -0.400. The van der Waals surface area contributed by atoms with E-state index in [9.17, 15) is 0 Å². The molecular weight excluding hydrogens is 160 g/mol. The van der Waals surface area contributed by atoms with Gasteiger partial charge in [-0.15, -0.1) is 0 Å². The van der Waals surface area contributed by atoms with Crippen LogP contribution < -0.4 is 11.1 Å². The minimum Gasteiger partial charge on any atom is -0.310 e. The van der Waals surface area contributed by atoms with Crippen LogP contribution in [0.25, 0.3) is 0 Å². The van der Waals surface area contributed by atoms with Crippen LogP contribution in [-0.4, -0.2) is 12.7 Å². The highest BCUT2D eigenvalue weighted by Crippen LogP contribution is 2.24. The van der Waals surface area contributed by atoms with Crippen molar-refractivity contribution in [1.82, 2.24) is 5.32 Å². The van der Waals surface area contributed by atoms with Crippen LogP contribution in [0.1, 0.15) is 13.3 Å². The highest BCUT2D eigenvalue weighted by Gasteiger charge is 2.22. The summed E-state index contributed by atoms with van der Waals surface area (Å²) in [6.07, 6.45) is 4.64. The largest absolute Gasteiger partial charge is 0.310 e. The number of halogens is 1. The van der Waals surface area contributed by atoms with E-state index in [1.54, 1.807) is 0 Å². The summed E-state index contributed by atoms with van der Waals surface area (Å²) >= 11 is 5.86. The standard InChI is InChI=1S/C8H13ClN2/c1-6-5-8(10,11-2)4-3-7(6)9/h3,5,11H,4,10H2,1-2H3. The number of nitrogens with one attached hydrogen (secondary N) is 1. The SMILES string of the molecule is CNC1(N)C=C(C)C(Cl)=CC1. The van der Waals surface area contributed by atoms with Crippen LogP contribution in [0.3, 0.4) is 0 Å². The van der Waals surface area contributed by atoms with E-state index in [0.29, 0.717) is 0 Å². The zero-order chi connectivity index (χ0) is 8.48. The predicted molar refractivity (Wildman–Crippen MR) is 48.3 cm³/mol. The normalized spacial score (nSPS) is 31.3. The predicted octanol–water partition coefficient (Wildman–Crippen LogP) is 1.33. The van der Waals surface area contributed by atoms with Crippen molar-refractivity contribution in [3.8, 4) is 0 Å². The summed E-state index contributed by atoms with van der Waals surface area (Å²) in [4.78, 5) is 0. The van der Waals surface area contributed by atoms with Gasteiger partial charge in [0.25, 0.3) is 0 Å². The van der Waals surface area contributed by atoms with Gasteiger partial charge in [-0.05, 0) is 25.6 Å². The molecule has 3 heteroatoms. The molecule has 0 aromatic carbocycles. The molecule has 0 aliphatic heterocycles. The second-order valence-corrected chi connectivity index (χ2v) is 3.28. The number of rotatable bonds is 1. The first-order valence-corrected chi connectivity index (χ1v) is 3.98. The van der Waals surface area contributed by atoms with Gasteiger partial charge in [0, 0.05) is 11.5 Å². The van der Waals surface area contributed by atoms with Gasteiger partial charge in [-0.25, -0.2) is 0 Å². The lowest BCUT2D eigenvalue weighted by molar-refractivity contribution is 0.452. The molecule has 1 atom stereocenters. The number of allylic oxidation sites excluding steroid dienone is 2. The second-order valence-electron chi connectivity index (χ2n) is 2.87. The third-order valence-corrected chi connectivity index (χ3v) is 2.39. The van der Waals surface area contributed by atoms with Gasteiger partial charge in [-0.2, -0.15) is 0 Å². The van der Waals surface area contributed by atoms with Crippen LogP contribution in [0.15, 0.2) is 22.8 Å². The van der Waals surface area contributed by atoms with Gasteiger partial charge in [0.05, 0.1) is 5.66 Å². The highest BCUT2D eigenvalue weighted by molar-refractivity contribution is 6.32. The maximum absolute atomic E-state index is 5.92. The third-order valence-electron chi connectivity index (χ3n) is 1.94. The highest BCUT2D eigenvalue weighted by atomic mass is 35.5. The smallest absolute Gasteiger partial charge is 0.0893 e. The lowest BCUT2D eigenvalue weighted by Crippen LogP contribution is -2.50. The van der Waals surface area contributed by atoms with Crippen molar-refractivity contribution in [3.05, 3.63) is 22.8 Å². The lowest BCUT2D eigenvalue weighted by Gasteiger charge is -2.28. The van der Waals surface area contributed by atoms with Crippen molar-refractivity contribution in [2.45, 2.75) is 19.0 Å². The van der Waals surface area contributed by atoms with Crippen LogP contribution >= 0.6 is 11.6 Å². The van der Waals surface area contributed by atoms with Gasteiger partial charge in [0.15, 0.2) is 0 Å². The molecule has 11 heavy (non-hydrogen) atoms. The zero-order valence-electron chi connectivity index (χ0n) is 6.82. The molecule has 0 saturated carbocycles. The van der Waals surface area contributed by atoms with E-state index in [0.717, 1.165) is 17.0 Å². The van der Waals surface area contributed by atoms with Crippen molar-refractivity contribution >= 4 is 11.6 Å². The molecule has 0 aromatic rings. The van der Waals surface area contributed by atoms with Crippen molar-refractivity contribution in [2.75, 3.05) is 7.05 Å². The Morgan fingerprint density at radius 3 is 2.82 bits per heavy atom. The van der Waals surface area contributed by atoms with Crippen molar-refractivity contribution < 1.29 is 0 Å². The molecule has 0 fully saturated rings. The topological polar surface area (TPSA) is 38.0 Å². The maximum atomic E-state index is 5.92. The maximum Gasteiger partial charge on any atom is 0.0893 e. The molecule has 0 bridgehead atoms. The minimum absolute atomic E-state index is 0.400. The number of hydrogen-bond acceptors (Lipinski definition) is 2. The van der Waals surface area contributed by atoms with E-state index in [2.05, 4.69) is 5.32 Å². The first kappa shape index (κ1) is 8.78. The van der Waals surface area contributed by atoms with Gasteiger partial charge in [-0.1, -0.05) is 17.7 Å². The Bertz CT molecular complexity index is 220. The van der Waals surface area contributed by atoms with Gasteiger partial charge >= 0.3 is 0 Å². The molecule has 0 spiro atoms. The zero-order valence-corrected chi connectivity index (χ0v) is 7.57. The molecule has 1 aliphatic rings. The van der Waals surface area contributed by atoms with E-state index in [1.807, 2.05) is 26.1 Å². The van der Waals surface area contributed by atoms with E-state index in [1.165, 1.54) is 0 Å². The van der Waals surface area contributed by atoms with Gasteiger partial charge in [-0.3, -0.25) is 5.32 Å². The van der Waals surface area contributed by atoms with Crippen molar-refractivity contribution in [3.63, 3.8) is 0 Å². The monoisotopic (exact) mass is 172 g/mol. The second kappa shape index (κ2) is 2.97. The number of likely N-dealkylation sites (N-methyl/N-ethyl adjacent to an activating group) is 1. The van der Waals surface area contributed by atoms with Gasteiger partial charge < -0.3 is 5.73 Å². The summed E-state index contributed by atoms with van der Waals surface area (Å²) in [7, 11) is 1.84. The molecule has 62 valence electrons. The summed E-state index contributed by atoms with van der Waals surface area (Å²) in [6, 6.07) is 0. The summed E-state index contributed by atoms with van der Waals surface area (Å²) in [5, 5.41) is 3.84. The Balaban J connectivity index is 2.84. The first-order valence-electron chi connectivity index (χ1n) is 3.61. The Labute approximate surface area is 72.1 Å². The lowest BCUT2D eigenvalue weighted by atomic mass is 9.98. The summed E-state index contributed by atoms with van der Waals surface area (Å²) in [5.74, 6) is 0. The molecule has 0 heterocycles. The molecule has 0 saturated heterocycles. The fourth-order valence-corrected chi connectivity index (χ4v) is 1.24. The summed E-state index contributed by atoms with van der Waals surface area (Å²) in [6.45, 7) is 1.96. The third kappa shape index (κ3) is 1.83. The van der Waals surface area contributed by atoms with Crippen molar-refractivity contribution in [1.29, 1.82) is 0 Å². The Morgan fingerprint density at radius 1 is 1.73 bits per heavy atom. The van der Waals surface area contributed by atoms with E-state index >= 15 is 0 Å². The van der Waals surface area contributed by atoms with Crippen molar-refractivity contribution in [2.24, 2.45) is 5.73 Å². The average Bonchev–Trinajstić information content (AvgIpc) is 1.98. The van der Waals surface area contributed by atoms with Crippen LogP contribution in [0.5, 0.6) is 0 Å². The fourth-order valence-electron chi connectivity index (χ4n) is 1.11. The fraction of sp³-hybridized carbons (Fsp3) is 0.500. The van der Waals surface area contributed by atoms with E-state index < -0.39 is 5.66 Å². The molecular formula is C8H13ClN2. The molecule has 1 rings (SSSR count). The van der Waals surface area contributed by atoms with Crippen LogP contribution in [0.4, 0.5) is 0 Å². The first-order chi connectivity index (χ1) is 5.07. The molecule has 0 aromatic heterocycles. The Hall–Kier alpha value is -0.310. The number of hydrogen-bond donors (Lipinski definition) is 2. The number of nitrogens with two attached hydrogens (primary N) is 1. The molecule has 1 unspecified atom stereocenters. The molecule has 1 aliphatic carbocycles. The molecule has 3 N–H and O–H groups in total. The van der Waals surface area contributed by atoms with E-state index in [-0.39, 0.29) is 0 Å². The van der Waals surface area contributed by atoms with Gasteiger partial charge in [0.2, 0.25) is 0 Å². The summed E-state index contributed by atoms with van der Waals surface area (Å²) in [5.41, 5.74) is 6.56. The molecule has 0 amide bonds. The Morgan fingerprint density at radius 2 is 2.36 bits per heavy atom. The Kier molecular flexibility index (Phi) is 2.37. The van der Waals surface area contributed by atoms with Crippen LogP contribution in [-0.2, 0) is 0 Å². The van der Waals surface area contributed by atoms with E-state index in [4.69, 9.17) is 17.3 Å². The van der Waals surface area contributed by atoms with Gasteiger partial charge in [0.1, 0.15) is 0 Å². The summed E-state index contributed by atoms with van der Waals surface area (Å²) < 4.78 is 0. The molecule has 2 nitrogen and oxygen atoms in total. The quantitative estimate of drug-likeness (QED) is 0.586. The van der Waals surface area contributed by atoms with Crippen LogP contribution in [0.2, 0.25) is 0 Å².